The summed E-state index contributed by atoms with van der Waals surface area (Å²) in [5, 5.41) is 0. The van der Waals surface area contributed by atoms with Gasteiger partial charge in [-0.25, -0.2) is 0 Å². The van der Waals surface area contributed by atoms with Crippen molar-refractivity contribution in [2.45, 2.75) is 63.9 Å². The summed E-state index contributed by atoms with van der Waals surface area (Å²) in [6.45, 7) is 2.32. The highest BCUT2D eigenvalue weighted by Gasteiger charge is 2.69. The molecule has 6 nitrogen and oxygen atoms in total. The van der Waals surface area contributed by atoms with Crippen molar-refractivity contribution in [3.8, 4) is 0 Å². The van der Waals surface area contributed by atoms with Crippen molar-refractivity contribution in [3.05, 3.63) is 12.2 Å². The van der Waals surface area contributed by atoms with Gasteiger partial charge in [0.05, 0.1) is 12.5 Å². The van der Waals surface area contributed by atoms with Gasteiger partial charge in [-0.15, -0.1) is 0 Å². The van der Waals surface area contributed by atoms with Gasteiger partial charge >= 0.3 is 11.9 Å². The van der Waals surface area contributed by atoms with E-state index in [0.717, 1.165) is 11.8 Å². The summed E-state index contributed by atoms with van der Waals surface area (Å²) in [4.78, 5) is 50.8. The fourth-order valence-corrected chi connectivity index (χ4v) is 9.86. The van der Waals surface area contributed by atoms with E-state index in [0.29, 0.717) is 24.7 Å². The van der Waals surface area contributed by atoms with E-state index in [1.54, 1.807) is 0 Å². The fraction of sp³-hybridized carbons (Fsp3) is 0.786. The SMILES string of the molecule is CC1(OC(=O)CCCOC(=O)C2CC3C(=O)C2C2C4C=CC(C4=O)C32)C2CC3CC(C2)CC1C3. The summed E-state index contributed by atoms with van der Waals surface area (Å²) in [6.07, 6.45) is 11.3. The molecule has 7 unspecified atom stereocenters. The van der Waals surface area contributed by atoms with Gasteiger partial charge < -0.3 is 9.47 Å². The molecule has 34 heavy (non-hydrogen) atoms. The fourth-order valence-electron chi connectivity index (χ4n) is 9.86. The molecule has 0 radical (unpaired) electrons. The zero-order chi connectivity index (χ0) is 23.4. The lowest BCUT2D eigenvalue weighted by Gasteiger charge is -2.59. The summed E-state index contributed by atoms with van der Waals surface area (Å²) in [6, 6.07) is 0. The van der Waals surface area contributed by atoms with E-state index in [2.05, 4.69) is 6.92 Å². The molecule has 0 aromatic heterocycles. The number of rotatable bonds is 6. The number of hydrogen-bond acceptors (Lipinski definition) is 6. The van der Waals surface area contributed by atoms with E-state index >= 15 is 0 Å². The Hall–Kier alpha value is -1.98. The maximum Gasteiger partial charge on any atom is 0.309 e. The van der Waals surface area contributed by atoms with Crippen LogP contribution in [0.1, 0.15) is 58.3 Å². The van der Waals surface area contributed by atoms with E-state index in [4.69, 9.17) is 9.47 Å². The first-order valence-electron chi connectivity index (χ1n) is 13.5. The summed E-state index contributed by atoms with van der Waals surface area (Å²) < 4.78 is 11.6. The number of carbonyl (C=O) groups excluding carboxylic acids is 4. The van der Waals surface area contributed by atoms with Gasteiger partial charge in [-0.1, -0.05) is 12.2 Å². The molecule has 0 aromatic carbocycles. The van der Waals surface area contributed by atoms with Gasteiger partial charge in [-0.3, -0.25) is 19.2 Å². The number of fused-ring (bicyclic) bond motifs is 9. The Morgan fingerprint density at radius 2 is 1.56 bits per heavy atom. The second-order valence-corrected chi connectivity index (χ2v) is 12.6. The van der Waals surface area contributed by atoms with Gasteiger partial charge in [0.1, 0.15) is 17.2 Å². The molecule has 7 saturated carbocycles. The van der Waals surface area contributed by atoms with Crippen molar-refractivity contribution < 1.29 is 28.7 Å². The number of allylic oxidation sites excluding steroid dienone is 2. The quantitative estimate of drug-likeness (QED) is 0.258. The topological polar surface area (TPSA) is 86.7 Å². The molecule has 0 aliphatic heterocycles. The van der Waals surface area contributed by atoms with E-state index in [1.165, 1.54) is 32.1 Å². The molecule has 182 valence electrons. The molecular formula is C28H34O6. The molecule has 8 aliphatic carbocycles. The maximum absolute atomic E-state index is 12.9. The molecular weight excluding hydrogens is 432 g/mol. The second-order valence-electron chi connectivity index (χ2n) is 12.6. The van der Waals surface area contributed by atoms with E-state index < -0.39 is 5.92 Å². The first-order valence-corrected chi connectivity index (χ1v) is 13.5. The Morgan fingerprint density at radius 3 is 2.24 bits per heavy atom. The van der Waals surface area contributed by atoms with Crippen LogP contribution in [0.25, 0.3) is 0 Å². The van der Waals surface area contributed by atoms with Gasteiger partial charge in [-0.05, 0) is 87.4 Å². The first-order chi connectivity index (χ1) is 16.3. The molecule has 0 N–H and O–H groups in total. The Balaban J connectivity index is 0.908. The minimum Gasteiger partial charge on any atom is -0.465 e. The number of Topliss-reactive ketones (excluding diaryl/α,β-unsaturated/α-hetero) is 2. The number of ketones is 2. The summed E-state index contributed by atoms with van der Waals surface area (Å²) >= 11 is 0. The lowest BCUT2D eigenvalue weighted by Crippen LogP contribution is -2.58. The summed E-state index contributed by atoms with van der Waals surface area (Å²) in [5.41, 5.74) is -0.326. The minimum atomic E-state index is -0.432. The van der Waals surface area contributed by atoms with Crippen LogP contribution in [0, 0.1) is 65.1 Å². The van der Waals surface area contributed by atoms with Gasteiger partial charge in [0.25, 0.3) is 0 Å². The van der Waals surface area contributed by atoms with Gasteiger partial charge in [0.15, 0.2) is 0 Å². The number of ether oxygens (including phenoxy) is 2. The first kappa shape index (κ1) is 21.3. The Bertz CT molecular complexity index is 967. The third kappa shape index (κ3) is 2.80. The van der Waals surface area contributed by atoms with Crippen molar-refractivity contribution >= 4 is 23.5 Å². The van der Waals surface area contributed by atoms with Crippen LogP contribution in [0.2, 0.25) is 0 Å². The van der Waals surface area contributed by atoms with E-state index in [9.17, 15) is 19.2 Å². The molecule has 0 heterocycles. The van der Waals surface area contributed by atoms with E-state index in [1.807, 2.05) is 12.2 Å². The van der Waals surface area contributed by atoms with Crippen LogP contribution in [-0.4, -0.2) is 35.7 Å². The molecule has 8 aliphatic rings. The monoisotopic (exact) mass is 466 g/mol. The van der Waals surface area contributed by atoms with Gasteiger partial charge in [0.2, 0.25) is 0 Å². The zero-order valence-corrected chi connectivity index (χ0v) is 19.8. The van der Waals surface area contributed by atoms with Crippen LogP contribution in [0.5, 0.6) is 0 Å². The molecule has 6 heteroatoms. The Kier molecular flexibility index (Phi) is 4.56. The maximum atomic E-state index is 12.9. The predicted octanol–water partition coefficient (Wildman–Crippen LogP) is 3.52. The highest BCUT2D eigenvalue weighted by Crippen LogP contribution is 2.64. The minimum absolute atomic E-state index is 0.0111. The van der Waals surface area contributed by atoms with Crippen molar-refractivity contribution in [1.29, 1.82) is 0 Å². The summed E-state index contributed by atoms with van der Waals surface area (Å²) in [5.74, 6) is 1.34. The lowest BCUT2D eigenvalue weighted by atomic mass is 9.50. The van der Waals surface area contributed by atoms with Gasteiger partial charge in [0, 0.05) is 30.1 Å². The number of esters is 2. The van der Waals surface area contributed by atoms with Crippen molar-refractivity contribution in [1.82, 2.24) is 0 Å². The van der Waals surface area contributed by atoms with E-state index in [-0.39, 0.29) is 77.6 Å². The van der Waals surface area contributed by atoms with Crippen LogP contribution in [0.15, 0.2) is 12.2 Å². The van der Waals surface area contributed by atoms with Crippen LogP contribution in [0.3, 0.4) is 0 Å². The molecule has 7 atom stereocenters. The van der Waals surface area contributed by atoms with Crippen LogP contribution < -0.4 is 0 Å². The molecule has 0 spiro atoms. The zero-order valence-electron chi connectivity index (χ0n) is 19.8. The van der Waals surface area contributed by atoms with Crippen LogP contribution in [0.4, 0.5) is 0 Å². The molecule has 8 rings (SSSR count). The Morgan fingerprint density at radius 1 is 0.912 bits per heavy atom. The van der Waals surface area contributed by atoms with Crippen molar-refractivity contribution in [2.24, 2.45) is 65.1 Å². The predicted molar refractivity (Wildman–Crippen MR) is 120 cm³/mol. The third-order valence-electron chi connectivity index (χ3n) is 11.1. The number of carbonyl (C=O) groups is 4. The standard InChI is InChI=1S/C28H34O6/c1-28(15-8-13-7-14(10-15)11-16(28)9-13)34-21(29)3-2-6-33-27(32)20-12-19-22-17-4-5-18(25(17)30)23(22)24(20)26(19)31/h4-5,13-20,22-24H,2-3,6-12H2,1H3. The summed E-state index contributed by atoms with van der Waals surface area (Å²) in [7, 11) is 0. The van der Waals surface area contributed by atoms with Crippen LogP contribution >= 0.6 is 0 Å². The molecule has 0 aromatic rings. The molecule has 0 amide bonds. The highest BCUT2D eigenvalue weighted by atomic mass is 16.6. The number of hydrogen-bond donors (Lipinski definition) is 0. The third-order valence-corrected chi connectivity index (χ3v) is 11.1. The largest absolute Gasteiger partial charge is 0.465 e. The normalized spacial score (nSPS) is 50.8. The van der Waals surface area contributed by atoms with Crippen LogP contribution in [-0.2, 0) is 28.7 Å². The Labute approximate surface area is 200 Å². The van der Waals surface area contributed by atoms with Gasteiger partial charge in [-0.2, -0.15) is 0 Å². The van der Waals surface area contributed by atoms with Crippen molar-refractivity contribution in [3.63, 3.8) is 0 Å². The van der Waals surface area contributed by atoms with Crippen molar-refractivity contribution in [2.75, 3.05) is 6.61 Å². The smallest absolute Gasteiger partial charge is 0.309 e. The molecule has 0 saturated heterocycles. The lowest BCUT2D eigenvalue weighted by molar-refractivity contribution is -0.203. The molecule has 7 fully saturated rings. The second kappa shape index (κ2) is 7.27. The molecule has 8 bridgehead atoms. The average molecular weight is 467 g/mol. The average Bonchev–Trinajstić information content (AvgIpc) is 3.50. The highest BCUT2D eigenvalue weighted by molar-refractivity contribution is 6.01.